The molecule has 0 aliphatic carbocycles. The Kier molecular flexibility index (Phi) is 5.38. The molecule has 4 heteroatoms. The molecule has 2 heterocycles. The summed E-state index contributed by atoms with van der Waals surface area (Å²) < 4.78 is 0. The molecule has 2 atom stereocenters. The number of pyridine rings is 1. The van der Waals surface area contributed by atoms with E-state index in [4.69, 9.17) is 0 Å². The van der Waals surface area contributed by atoms with E-state index < -0.39 is 0 Å². The molecule has 1 N–H and O–H groups in total. The van der Waals surface area contributed by atoms with Crippen LogP contribution in [0.2, 0.25) is 0 Å². The van der Waals surface area contributed by atoms with Gasteiger partial charge in [-0.1, -0.05) is 13.0 Å². The number of aromatic nitrogens is 1. The third-order valence-corrected chi connectivity index (χ3v) is 4.31. The van der Waals surface area contributed by atoms with E-state index in [-0.39, 0.29) is 0 Å². The lowest BCUT2D eigenvalue weighted by Gasteiger charge is -2.29. The zero-order valence-electron chi connectivity index (χ0n) is 13.3. The number of anilines is 1. The van der Waals surface area contributed by atoms with Gasteiger partial charge < -0.3 is 15.1 Å². The molecule has 20 heavy (non-hydrogen) atoms. The maximum atomic E-state index is 4.62. The first-order valence-electron chi connectivity index (χ1n) is 7.73. The summed E-state index contributed by atoms with van der Waals surface area (Å²) in [5, 5.41) is 3.48. The van der Waals surface area contributed by atoms with Crippen LogP contribution >= 0.6 is 0 Å². The average Bonchev–Trinajstić information content (AvgIpc) is 2.84. The van der Waals surface area contributed by atoms with Gasteiger partial charge in [0.25, 0.3) is 0 Å². The Morgan fingerprint density at radius 2 is 2.35 bits per heavy atom. The van der Waals surface area contributed by atoms with Crippen molar-refractivity contribution in [1.82, 2.24) is 15.2 Å². The van der Waals surface area contributed by atoms with Crippen LogP contribution in [0.1, 0.15) is 38.3 Å². The smallest absolute Gasteiger partial charge is 0.133 e. The topological polar surface area (TPSA) is 31.4 Å². The van der Waals surface area contributed by atoms with E-state index in [2.05, 4.69) is 54.1 Å². The lowest BCUT2D eigenvalue weighted by molar-refractivity contribution is 0.313. The van der Waals surface area contributed by atoms with Crippen LogP contribution in [-0.2, 0) is 0 Å². The number of likely N-dealkylation sites (N-methyl/N-ethyl adjacent to an activating group) is 2. The van der Waals surface area contributed by atoms with Crippen LogP contribution in [0, 0.1) is 0 Å². The molecule has 112 valence electrons. The highest BCUT2D eigenvalue weighted by Crippen LogP contribution is 2.24. The normalized spacial score (nSPS) is 21.1. The van der Waals surface area contributed by atoms with Gasteiger partial charge in [0.15, 0.2) is 0 Å². The fourth-order valence-corrected chi connectivity index (χ4v) is 3.10. The molecule has 0 radical (unpaired) electrons. The molecule has 0 amide bonds. The summed E-state index contributed by atoms with van der Waals surface area (Å²) in [6.07, 6.45) is 4.51. The van der Waals surface area contributed by atoms with Gasteiger partial charge in [0, 0.05) is 37.4 Å². The lowest BCUT2D eigenvalue weighted by atomic mass is 10.1. The minimum absolute atomic E-state index is 0.340. The molecule has 1 aromatic rings. The number of hydrogen-bond acceptors (Lipinski definition) is 4. The van der Waals surface area contributed by atoms with Crippen molar-refractivity contribution in [2.75, 3.05) is 38.6 Å². The fraction of sp³-hybridized carbons (Fsp3) is 0.688. The zero-order valence-corrected chi connectivity index (χ0v) is 13.3. The highest BCUT2D eigenvalue weighted by Gasteiger charge is 2.23. The molecule has 0 aromatic carbocycles. The summed E-state index contributed by atoms with van der Waals surface area (Å²) in [4.78, 5) is 9.40. The van der Waals surface area contributed by atoms with Gasteiger partial charge in [-0.25, -0.2) is 4.98 Å². The van der Waals surface area contributed by atoms with Crippen LogP contribution < -0.4 is 10.2 Å². The van der Waals surface area contributed by atoms with Crippen molar-refractivity contribution in [3.05, 3.63) is 23.9 Å². The average molecular weight is 276 g/mol. The third kappa shape index (κ3) is 3.49. The highest BCUT2D eigenvalue weighted by atomic mass is 15.2. The molecule has 0 saturated carbocycles. The Morgan fingerprint density at radius 1 is 1.55 bits per heavy atom. The molecular formula is C16H28N4. The summed E-state index contributed by atoms with van der Waals surface area (Å²) in [5.41, 5.74) is 1.29. The van der Waals surface area contributed by atoms with Crippen LogP contribution in [0.4, 0.5) is 5.82 Å². The van der Waals surface area contributed by atoms with Gasteiger partial charge in [0.05, 0.1) is 0 Å². The molecule has 2 rings (SSSR count). The van der Waals surface area contributed by atoms with E-state index >= 15 is 0 Å². The lowest BCUT2D eigenvalue weighted by Crippen LogP contribution is -2.37. The van der Waals surface area contributed by atoms with Crippen LogP contribution in [0.3, 0.4) is 0 Å². The van der Waals surface area contributed by atoms with Crippen LogP contribution in [0.15, 0.2) is 18.3 Å². The first-order valence-corrected chi connectivity index (χ1v) is 7.73. The molecule has 4 nitrogen and oxygen atoms in total. The highest BCUT2D eigenvalue weighted by molar-refractivity contribution is 5.47. The second-order valence-corrected chi connectivity index (χ2v) is 5.85. The minimum atomic E-state index is 0.340. The molecule has 0 bridgehead atoms. The predicted molar refractivity (Wildman–Crippen MR) is 85.3 cm³/mol. The van der Waals surface area contributed by atoms with E-state index in [1.165, 1.54) is 24.9 Å². The number of rotatable bonds is 6. The summed E-state index contributed by atoms with van der Waals surface area (Å²) in [6, 6.07) is 5.21. The van der Waals surface area contributed by atoms with Gasteiger partial charge in [-0.2, -0.15) is 0 Å². The molecule has 0 spiro atoms. The largest absolute Gasteiger partial charge is 0.358 e. The van der Waals surface area contributed by atoms with Gasteiger partial charge in [-0.05, 0) is 46.0 Å². The number of nitrogens with zero attached hydrogens (tertiary/aromatic N) is 3. The Balaban J connectivity index is 2.10. The molecule has 1 saturated heterocycles. The molecule has 1 fully saturated rings. The van der Waals surface area contributed by atoms with Crippen molar-refractivity contribution >= 4 is 5.82 Å². The third-order valence-electron chi connectivity index (χ3n) is 4.31. The standard InChI is InChI=1S/C16H28N4/c1-5-17-13(2)15-9-6-10-18-16(15)20(4)12-14-8-7-11-19(14)3/h6,9-10,13-14,17H,5,7-8,11-12H2,1-4H3. The van der Waals surface area contributed by atoms with Crippen molar-refractivity contribution in [2.24, 2.45) is 0 Å². The Morgan fingerprint density at radius 3 is 3.00 bits per heavy atom. The molecular weight excluding hydrogens is 248 g/mol. The van der Waals surface area contributed by atoms with E-state index in [0.717, 1.165) is 18.9 Å². The molecule has 1 aromatic heterocycles. The monoisotopic (exact) mass is 276 g/mol. The predicted octanol–water partition coefficient (Wildman–Crippen LogP) is 2.28. The second-order valence-electron chi connectivity index (χ2n) is 5.85. The summed E-state index contributed by atoms with van der Waals surface area (Å²) in [7, 11) is 4.39. The number of likely N-dealkylation sites (tertiary alicyclic amines) is 1. The Labute approximate surface area is 123 Å². The van der Waals surface area contributed by atoms with Crippen LogP contribution in [-0.4, -0.2) is 49.7 Å². The summed E-state index contributed by atoms with van der Waals surface area (Å²) in [5.74, 6) is 1.11. The van der Waals surface area contributed by atoms with Crippen LogP contribution in [0.25, 0.3) is 0 Å². The maximum Gasteiger partial charge on any atom is 0.133 e. The first-order chi connectivity index (χ1) is 9.63. The van der Waals surface area contributed by atoms with Crippen LogP contribution in [0.5, 0.6) is 0 Å². The van der Waals surface area contributed by atoms with Gasteiger partial charge in [0.1, 0.15) is 5.82 Å². The van der Waals surface area contributed by atoms with Crippen molar-refractivity contribution in [3.63, 3.8) is 0 Å². The van der Waals surface area contributed by atoms with Crippen molar-refractivity contribution in [2.45, 2.75) is 38.8 Å². The number of hydrogen-bond donors (Lipinski definition) is 1. The molecule has 2 unspecified atom stereocenters. The Hall–Kier alpha value is -1.13. The van der Waals surface area contributed by atoms with Crippen molar-refractivity contribution in [1.29, 1.82) is 0 Å². The maximum absolute atomic E-state index is 4.62. The van der Waals surface area contributed by atoms with E-state index in [1.807, 2.05) is 12.3 Å². The number of nitrogens with one attached hydrogen (secondary N) is 1. The van der Waals surface area contributed by atoms with E-state index in [9.17, 15) is 0 Å². The summed E-state index contributed by atoms with van der Waals surface area (Å²) in [6.45, 7) is 7.61. The van der Waals surface area contributed by atoms with Gasteiger partial charge in [-0.15, -0.1) is 0 Å². The Bertz CT molecular complexity index is 421. The molecule has 1 aliphatic heterocycles. The van der Waals surface area contributed by atoms with Crippen molar-refractivity contribution in [3.8, 4) is 0 Å². The first kappa shape index (κ1) is 15.3. The van der Waals surface area contributed by atoms with Gasteiger partial charge >= 0.3 is 0 Å². The SMILES string of the molecule is CCNC(C)c1cccnc1N(C)CC1CCCN1C. The van der Waals surface area contributed by atoms with Gasteiger partial charge in [0.2, 0.25) is 0 Å². The van der Waals surface area contributed by atoms with Crippen molar-refractivity contribution < 1.29 is 0 Å². The quantitative estimate of drug-likeness (QED) is 0.864. The minimum Gasteiger partial charge on any atom is -0.358 e. The van der Waals surface area contributed by atoms with Gasteiger partial charge in [-0.3, -0.25) is 0 Å². The van der Waals surface area contributed by atoms with E-state index in [1.54, 1.807) is 0 Å². The second kappa shape index (κ2) is 7.04. The van der Waals surface area contributed by atoms with E-state index in [0.29, 0.717) is 12.1 Å². The zero-order chi connectivity index (χ0) is 14.5. The molecule has 1 aliphatic rings. The summed E-state index contributed by atoms with van der Waals surface area (Å²) >= 11 is 0. The fourth-order valence-electron chi connectivity index (χ4n) is 3.10.